The van der Waals surface area contributed by atoms with Gasteiger partial charge in [-0.25, -0.2) is 0 Å². The first-order valence-electron chi connectivity index (χ1n) is 7.24. The first-order valence-corrected chi connectivity index (χ1v) is 7.24. The van der Waals surface area contributed by atoms with Crippen molar-refractivity contribution in [2.24, 2.45) is 5.92 Å². The Morgan fingerprint density at radius 2 is 2.24 bits per heavy atom. The van der Waals surface area contributed by atoms with Crippen molar-refractivity contribution in [3.8, 4) is 0 Å². The first-order chi connectivity index (χ1) is 10.2. The average Bonchev–Trinajstić information content (AvgIpc) is 2.52. The molecule has 0 spiro atoms. The fourth-order valence-electron chi connectivity index (χ4n) is 2.50. The minimum absolute atomic E-state index is 0.119. The molecule has 7 nitrogen and oxygen atoms in total. The van der Waals surface area contributed by atoms with Gasteiger partial charge < -0.3 is 25.1 Å². The number of rotatable bonds is 7. The second kappa shape index (κ2) is 7.90. The zero-order chi connectivity index (χ0) is 15.1. The maximum absolute atomic E-state index is 10.5. The Labute approximate surface area is 124 Å². The monoisotopic (exact) mass is 294 g/mol. The summed E-state index contributed by atoms with van der Waals surface area (Å²) in [5.41, 5.74) is 0.836. The molecular formula is C14H22N4O3. The Morgan fingerprint density at radius 3 is 2.81 bits per heavy atom. The molecule has 0 aliphatic carbocycles. The number of hydrogen-bond donors (Lipinski definition) is 1. The lowest BCUT2D eigenvalue weighted by Gasteiger charge is -2.31. The van der Waals surface area contributed by atoms with E-state index in [0.717, 1.165) is 51.3 Å². The van der Waals surface area contributed by atoms with Crippen LogP contribution in [0.3, 0.4) is 0 Å². The quantitative estimate of drug-likeness (QED) is 0.609. The highest BCUT2D eigenvalue weighted by Gasteiger charge is 2.18. The Balaban J connectivity index is 1.70. The van der Waals surface area contributed by atoms with E-state index in [4.69, 9.17) is 4.74 Å². The van der Waals surface area contributed by atoms with Crippen molar-refractivity contribution in [3.05, 3.63) is 28.4 Å². The lowest BCUT2D eigenvalue weighted by molar-refractivity contribution is -0.389. The van der Waals surface area contributed by atoms with E-state index < -0.39 is 4.92 Å². The molecule has 1 fully saturated rings. The van der Waals surface area contributed by atoms with E-state index in [1.54, 1.807) is 13.2 Å². The van der Waals surface area contributed by atoms with Gasteiger partial charge in [-0.3, -0.25) is 0 Å². The molecule has 0 atom stereocenters. The zero-order valence-corrected chi connectivity index (χ0v) is 12.3. The molecule has 0 aromatic carbocycles. The summed E-state index contributed by atoms with van der Waals surface area (Å²) < 4.78 is 5.09. The number of nitrogens with zero attached hydrogens (tertiary/aromatic N) is 3. The highest BCUT2D eigenvalue weighted by Crippen LogP contribution is 2.18. The number of methoxy groups -OCH3 is 1. The molecular weight excluding hydrogens is 272 g/mol. The standard InChI is InChI=1S/C14H22N4O3/c1-21-9-8-17-6-4-12(5-7-17)10-15-13-2-3-14(16-11-13)18(19)20/h2-3,11-12,15H,4-10H2,1H3. The molecule has 0 bridgehead atoms. The van der Waals surface area contributed by atoms with Crippen molar-refractivity contribution >= 4 is 11.5 Å². The fraction of sp³-hybridized carbons (Fsp3) is 0.643. The van der Waals surface area contributed by atoms with Crippen LogP contribution in [0.15, 0.2) is 18.3 Å². The lowest BCUT2D eigenvalue weighted by Crippen LogP contribution is -2.37. The minimum atomic E-state index is -0.487. The van der Waals surface area contributed by atoms with E-state index in [9.17, 15) is 10.1 Å². The predicted octanol–water partition coefficient (Wildman–Crippen LogP) is 1.76. The van der Waals surface area contributed by atoms with Crippen molar-refractivity contribution in [2.45, 2.75) is 12.8 Å². The van der Waals surface area contributed by atoms with Gasteiger partial charge in [0.25, 0.3) is 0 Å². The average molecular weight is 294 g/mol. The van der Waals surface area contributed by atoms with Crippen LogP contribution in [-0.4, -0.2) is 54.7 Å². The molecule has 21 heavy (non-hydrogen) atoms. The largest absolute Gasteiger partial charge is 0.383 e. The summed E-state index contributed by atoms with van der Waals surface area (Å²) in [5, 5.41) is 13.8. The molecule has 0 saturated carbocycles. The molecule has 0 unspecified atom stereocenters. The minimum Gasteiger partial charge on any atom is -0.383 e. The molecule has 1 saturated heterocycles. The van der Waals surface area contributed by atoms with Gasteiger partial charge in [-0.2, -0.15) is 0 Å². The van der Waals surface area contributed by atoms with Crippen molar-refractivity contribution in [2.75, 3.05) is 45.2 Å². The predicted molar refractivity (Wildman–Crippen MR) is 80.4 cm³/mol. The number of aromatic nitrogens is 1. The Hall–Kier alpha value is -1.73. The smallest absolute Gasteiger partial charge is 0.363 e. The van der Waals surface area contributed by atoms with Gasteiger partial charge in [0.15, 0.2) is 6.20 Å². The number of ether oxygens (including phenoxy) is 1. The molecule has 1 aromatic rings. The molecule has 2 rings (SSSR count). The number of piperidine rings is 1. The molecule has 0 radical (unpaired) electrons. The number of pyridine rings is 1. The van der Waals surface area contributed by atoms with E-state index in [1.807, 2.05) is 0 Å². The van der Waals surface area contributed by atoms with E-state index in [1.165, 1.54) is 12.3 Å². The number of hydrogen-bond acceptors (Lipinski definition) is 6. The third-order valence-corrected chi connectivity index (χ3v) is 3.85. The van der Waals surface area contributed by atoms with Crippen molar-refractivity contribution in [1.29, 1.82) is 0 Å². The van der Waals surface area contributed by atoms with E-state index in [2.05, 4.69) is 15.2 Å². The first kappa shape index (κ1) is 15.7. The topological polar surface area (TPSA) is 80.5 Å². The number of nitrogens with one attached hydrogen (secondary N) is 1. The molecule has 1 N–H and O–H groups in total. The van der Waals surface area contributed by atoms with E-state index >= 15 is 0 Å². The molecule has 7 heteroatoms. The SMILES string of the molecule is COCCN1CCC(CNc2ccc([N+](=O)[O-])nc2)CC1. The van der Waals surface area contributed by atoms with Crippen LogP contribution >= 0.6 is 0 Å². The lowest BCUT2D eigenvalue weighted by atomic mass is 9.97. The summed E-state index contributed by atoms with van der Waals surface area (Å²) in [7, 11) is 1.73. The van der Waals surface area contributed by atoms with Crippen LogP contribution in [0.2, 0.25) is 0 Å². The Kier molecular flexibility index (Phi) is 5.89. The van der Waals surface area contributed by atoms with Crippen LogP contribution in [0.1, 0.15) is 12.8 Å². The molecule has 1 aliphatic rings. The molecule has 2 heterocycles. The van der Waals surface area contributed by atoms with Gasteiger partial charge in [-0.15, -0.1) is 0 Å². The summed E-state index contributed by atoms with van der Waals surface area (Å²) in [4.78, 5) is 16.3. The van der Waals surface area contributed by atoms with Crippen molar-refractivity contribution < 1.29 is 9.66 Å². The fourth-order valence-corrected chi connectivity index (χ4v) is 2.50. The zero-order valence-electron chi connectivity index (χ0n) is 12.3. The second-order valence-corrected chi connectivity index (χ2v) is 5.32. The molecule has 116 valence electrons. The van der Waals surface area contributed by atoms with Crippen molar-refractivity contribution in [3.63, 3.8) is 0 Å². The van der Waals surface area contributed by atoms with Crippen molar-refractivity contribution in [1.82, 2.24) is 9.88 Å². The third kappa shape index (κ3) is 4.95. The number of anilines is 1. The molecule has 0 amide bonds. The highest BCUT2D eigenvalue weighted by molar-refractivity contribution is 5.43. The summed E-state index contributed by atoms with van der Waals surface area (Å²) >= 11 is 0. The van der Waals surface area contributed by atoms with Crippen LogP contribution < -0.4 is 5.32 Å². The van der Waals surface area contributed by atoms with Gasteiger partial charge in [-0.1, -0.05) is 0 Å². The second-order valence-electron chi connectivity index (χ2n) is 5.32. The van der Waals surface area contributed by atoms with Gasteiger partial charge in [0.05, 0.1) is 12.3 Å². The maximum atomic E-state index is 10.5. The van der Waals surface area contributed by atoms with Crippen LogP contribution in [-0.2, 0) is 4.74 Å². The third-order valence-electron chi connectivity index (χ3n) is 3.85. The highest BCUT2D eigenvalue weighted by atomic mass is 16.6. The summed E-state index contributed by atoms with van der Waals surface area (Å²) in [6, 6.07) is 3.13. The summed E-state index contributed by atoms with van der Waals surface area (Å²) in [5.74, 6) is 0.519. The Morgan fingerprint density at radius 1 is 1.48 bits per heavy atom. The van der Waals surface area contributed by atoms with Crippen LogP contribution in [0.25, 0.3) is 0 Å². The molecule has 1 aliphatic heterocycles. The normalized spacial score (nSPS) is 16.8. The Bertz CT molecular complexity index is 444. The van der Waals surface area contributed by atoms with E-state index in [0.29, 0.717) is 5.92 Å². The summed E-state index contributed by atoms with van der Waals surface area (Å²) in [6.07, 6.45) is 3.85. The maximum Gasteiger partial charge on any atom is 0.363 e. The van der Waals surface area contributed by atoms with Gasteiger partial charge in [0.1, 0.15) is 0 Å². The van der Waals surface area contributed by atoms with Gasteiger partial charge in [0.2, 0.25) is 0 Å². The van der Waals surface area contributed by atoms with Gasteiger partial charge in [0, 0.05) is 26.3 Å². The van der Waals surface area contributed by atoms with Crippen LogP contribution in [0, 0.1) is 16.0 Å². The summed E-state index contributed by atoms with van der Waals surface area (Å²) in [6.45, 7) is 4.89. The van der Waals surface area contributed by atoms with Gasteiger partial charge in [-0.05, 0) is 47.8 Å². The number of likely N-dealkylation sites (tertiary alicyclic amines) is 1. The molecule has 1 aromatic heterocycles. The van der Waals surface area contributed by atoms with Crippen LogP contribution in [0.5, 0.6) is 0 Å². The number of nitro groups is 1. The van der Waals surface area contributed by atoms with E-state index in [-0.39, 0.29) is 5.82 Å². The van der Waals surface area contributed by atoms with Crippen LogP contribution in [0.4, 0.5) is 11.5 Å². The van der Waals surface area contributed by atoms with Gasteiger partial charge >= 0.3 is 5.82 Å².